The van der Waals surface area contributed by atoms with Crippen molar-refractivity contribution in [3.05, 3.63) is 0 Å². The highest BCUT2D eigenvalue weighted by Gasteiger charge is 2.24. The molecule has 2 aliphatic heterocycles. The van der Waals surface area contributed by atoms with Gasteiger partial charge in [0.15, 0.2) is 0 Å². The molecule has 0 spiro atoms. The van der Waals surface area contributed by atoms with Crippen LogP contribution in [-0.2, 0) is 4.79 Å². The molecule has 18 heavy (non-hydrogen) atoms. The van der Waals surface area contributed by atoms with Gasteiger partial charge in [0.25, 0.3) is 0 Å². The van der Waals surface area contributed by atoms with E-state index in [4.69, 9.17) is 0 Å². The first-order valence-corrected chi connectivity index (χ1v) is 7.31. The zero-order chi connectivity index (χ0) is 13.0. The highest BCUT2D eigenvalue weighted by Crippen LogP contribution is 2.16. The Hall–Kier alpha value is -0.610. The molecule has 4 heteroatoms. The maximum atomic E-state index is 12.2. The molecule has 0 aliphatic carbocycles. The van der Waals surface area contributed by atoms with Gasteiger partial charge in [-0.25, -0.2) is 0 Å². The molecule has 2 atom stereocenters. The molecule has 4 nitrogen and oxygen atoms in total. The van der Waals surface area contributed by atoms with Crippen LogP contribution in [0.5, 0.6) is 0 Å². The zero-order valence-electron chi connectivity index (χ0n) is 11.8. The maximum Gasteiger partial charge on any atom is 0.223 e. The Labute approximate surface area is 111 Å². The van der Waals surface area contributed by atoms with Crippen LogP contribution in [0.15, 0.2) is 0 Å². The number of nitrogens with zero attached hydrogens (tertiary/aromatic N) is 2. The van der Waals surface area contributed by atoms with E-state index < -0.39 is 0 Å². The van der Waals surface area contributed by atoms with E-state index in [2.05, 4.69) is 17.3 Å². The van der Waals surface area contributed by atoms with Gasteiger partial charge in [0.2, 0.25) is 5.91 Å². The van der Waals surface area contributed by atoms with Crippen LogP contribution in [0.1, 0.15) is 32.1 Å². The van der Waals surface area contributed by atoms with Crippen molar-refractivity contribution in [3.63, 3.8) is 0 Å². The van der Waals surface area contributed by atoms with E-state index in [9.17, 15) is 4.79 Å². The second-order valence-electron chi connectivity index (χ2n) is 6.04. The molecular weight excluding hydrogens is 226 g/mol. The standard InChI is InChI=1S/C14H27N3O/c1-16-8-6-12(10-16)11-17(2)14(18)9-13-5-3-4-7-15-13/h12-13,15H,3-11H2,1-2H3. The summed E-state index contributed by atoms with van der Waals surface area (Å²) >= 11 is 0. The van der Waals surface area contributed by atoms with Gasteiger partial charge in [0.1, 0.15) is 0 Å². The minimum absolute atomic E-state index is 0.309. The monoisotopic (exact) mass is 253 g/mol. The Morgan fingerprint density at radius 2 is 2.22 bits per heavy atom. The highest BCUT2D eigenvalue weighted by molar-refractivity contribution is 5.76. The van der Waals surface area contributed by atoms with E-state index in [0.717, 1.165) is 26.1 Å². The van der Waals surface area contributed by atoms with Gasteiger partial charge in [0.05, 0.1) is 0 Å². The Balaban J connectivity index is 1.70. The van der Waals surface area contributed by atoms with Crippen molar-refractivity contribution in [1.29, 1.82) is 0 Å². The first-order chi connectivity index (χ1) is 8.65. The molecular formula is C14H27N3O. The van der Waals surface area contributed by atoms with Crippen molar-refractivity contribution < 1.29 is 4.79 Å². The van der Waals surface area contributed by atoms with Crippen LogP contribution >= 0.6 is 0 Å². The lowest BCUT2D eigenvalue weighted by molar-refractivity contribution is -0.131. The van der Waals surface area contributed by atoms with Gasteiger partial charge >= 0.3 is 0 Å². The number of rotatable bonds is 4. The second kappa shape index (κ2) is 6.53. The third-order valence-electron chi connectivity index (χ3n) is 4.28. The number of carbonyl (C=O) groups is 1. The first-order valence-electron chi connectivity index (χ1n) is 7.31. The van der Waals surface area contributed by atoms with Gasteiger partial charge in [-0.05, 0) is 45.3 Å². The molecule has 1 N–H and O–H groups in total. The molecule has 1 amide bonds. The van der Waals surface area contributed by atoms with Crippen LogP contribution in [0.4, 0.5) is 0 Å². The smallest absolute Gasteiger partial charge is 0.223 e. The molecule has 0 radical (unpaired) electrons. The molecule has 0 aromatic rings. The molecule has 2 saturated heterocycles. The van der Waals surface area contributed by atoms with Gasteiger partial charge in [-0.3, -0.25) is 4.79 Å². The Morgan fingerprint density at radius 1 is 1.39 bits per heavy atom. The van der Waals surface area contributed by atoms with Crippen molar-refractivity contribution in [2.45, 2.75) is 38.1 Å². The Bertz CT molecular complexity index is 276. The predicted octanol–water partition coefficient (Wildman–Crippen LogP) is 0.929. The van der Waals surface area contributed by atoms with Gasteiger partial charge in [-0.2, -0.15) is 0 Å². The van der Waals surface area contributed by atoms with Gasteiger partial charge in [-0.15, -0.1) is 0 Å². The largest absolute Gasteiger partial charge is 0.345 e. The van der Waals surface area contributed by atoms with Crippen LogP contribution in [-0.4, -0.2) is 62.0 Å². The summed E-state index contributed by atoms with van der Waals surface area (Å²) in [4.78, 5) is 16.5. The minimum Gasteiger partial charge on any atom is -0.345 e. The maximum absolute atomic E-state index is 12.2. The number of hydrogen-bond donors (Lipinski definition) is 1. The molecule has 2 fully saturated rings. The van der Waals surface area contributed by atoms with E-state index in [1.54, 1.807) is 0 Å². The van der Waals surface area contributed by atoms with E-state index in [0.29, 0.717) is 24.3 Å². The Kier molecular flexibility index (Phi) is 5.01. The van der Waals surface area contributed by atoms with Crippen molar-refractivity contribution in [2.24, 2.45) is 5.92 Å². The molecule has 0 aromatic heterocycles. The molecule has 0 saturated carbocycles. The molecule has 2 aliphatic rings. The fraction of sp³-hybridized carbons (Fsp3) is 0.929. The molecule has 104 valence electrons. The lowest BCUT2D eigenvalue weighted by Crippen LogP contribution is -2.40. The van der Waals surface area contributed by atoms with E-state index >= 15 is 0 Å². The fourth-order valence-corrected chi connectivity index (χ4v) is 3.13. The van der Waals surface area contributed by atoms with Crippen molar-refractivity contribution >= 4 is 5.91 Å². The summed E-state index contributed by atoms with van der Waals surface area (Å²) in [5, 5.41) is 3.45. The summed E-state index contributed by atoms with van der Waals surface area (Å²) < 4.78 is 0. The van der Waals surface area contributed by atoms with Crippen molar-refractivity contribution in [2.75, 3.05) is 40.3 Å². The van der Waals surface area contributed by atoms with E-state index in [1.807, 2.05) is 11.9 Å². The third kappa shape index (κ3) is 3.95. The fourth-order valence-electron chi connectivity index (χ4n) is 3.13. The van der Waals surface area contributed by atoms with Crippen LogP contribution in [0, 0.1) is 5.92 Å². The molecule has 2 rings (SSSR count). The lowest BCUT2D eigenvalue weighted by atomic mass is 10.0. The predicted molar refractivity (Wildman–Crippen MR) is 73.5 cm³/mol. The summed E-state index contributed by atoms with van der Waals surface area (Å²) in [7, 11) is 4.12. The molecule has 2 unspecified atom stereocenters. The zero-order valence-corrected chi connectivity index (χ0v) is 11.8. The number of carbonyl (C=O) groups excluding carboxylic acids is 1. The molecule has 0 bridgehead atoms. The summed E-state index contributed by atoms with van der Waals surface area (Å²) in [6, 6.07) is 0.417. The topological polar surface area (TPSA) is 35.6 Å². The van der Waals surface area contributed by atoms with Crippen LogP contribution < -0.4 is 5.32 Å². The highest BCUT2D eigenvalue weighted by atomic mass is 16.2. The van der Waals surface area contributed by atoms with Crippen molar-refractivity contribution in [3.8, 4) is 0 Å². The summed E-state index contributed by atoms with van der Waals surface area (Å²) in [5.74, 6) is 0.979. The summed E-state index contributed by atoms with van der Waals surface area (Å²) in [6.45, 7) is 4.32. The number of likely N-dealkylation sites (tertiary alicyclic amines) is 1. The number of piperidine rings is 1. The average molecular weight is 253 g/mol. The normalized spacial score (nSPS) is 29.4. The van der Waals surface area contributed by atoms with Crippen LogP contribution in [0.25, 0.3) is 0 Å². The second-order valence-corrected chi connectivity index (χ2v) is 6.04. The Morgan fingerprint density at radius 3 is 2.83 bits per heavy atom. The quantitative estimate of drug-likeness (QED) is 0.809. The average Bonchev–Trinajstić information content (AvgIpc) is 2.76. The first kappa shape index (κ1) is 13.8. The summed E-state index contributed by atoms with van der Waals surface area (Å²) in [6.07, 6.45) is 5.59. The number of nitrogens with one attached hydrogen (secondary N) is 1. The van der Waals surface area contributed by atoms with Gasteiger partial charge < -0.3 is 15.1 Å². The SMILES string of the molecule is CN1CCC(CN(C)C(=O)CC2CCCCN2)C1. The van der Waals surface area contributed by atoms with Crippen LogP contribution in [0.2, 0.25) is 0 Å². The molecule has 2 heterocycles. The van der Waals surface area contributed by atoms with E-state index in [1.165, 1.54) is 25.8 Å². The minimum atomic E-state index is 0.309. The van der Waals surface area contributed by atoms with Crippen molar-refractivity contribution in [1.82, 2.24) is 15.1 Å². The number of hydrogen-bond acceptors (Lipinski definition) is 3. The summed E-state index contributed by atoms with van der Waals surface area (Å²) in [5.41, 5.74) is 0. The molecule has 0 aromatic carbocycles. The van der Waals surface area contributed by atoms with Crippen LogP contribution in [0.3, 0.4) is 0 Å². The van der Waals surface area contributed by atoms with Gasteiger partial charge in [-0.1, -0.05) is 6.42 Å². The lowest BCUT2D eigenvalue weighted by Gasteiger charge is -2.26. The van der Waals surface area contributed by atoms with E-state index in [-0.39, 0.29) is 0 Å². The van der Waals surface area contributed by atoms with Gasteiger partial charge in [0, 0.05) is 32.6 Å². The number of amides is 1. The third-order valence-corrected chi connectivity index (χ3v) is 4.28.